The number of imide groups is 1. The van der Waals surface area contributed by atoms with Crippen molar-refractivity contribution in [2.45, 2.75) is 139 Å². The molecule has 20 heteroatoms. The quantitative estimate of drug-likeness (QED) is 0.0963. The molecule has 7 fully saturated rings. The zero-order valence-electron chi connectivity index (χ0n) is 48.8. The predicted molar refractivity (Wildman–Crippen MR) is 314 cm³/mol. The smallest absolute Gasteiger partial charge is 0.410 e. The highest BCUT2D eigenvalue weighted by Gasteiger charge is 2.51. The van der Waals surface area contributed by atoms with Crippen LogP contribution < -0.4 is 15.0 Å². The van der Waals surface area contributed by atoms with E-state index in [-0.39, 0.29) is 88.5 Å². The first-order valence-electron chi connectivity index (χ1n) is 30.4. The highest BCUT2D eigenvalue weighted by molar-refractivity contribution is 6.04. The van der Waals surface area contributed by atoms with Crippen LogP contribution in [0.3, 0.4) is 0 Å². The Balaban J connectivity index is 0.650. The van der Waals surface area contributed by atoms with Gasteiger partial charge >= 0.3 is 18.2 Å². The van der Waals surface area contributed by atoms with E-state index in [0.717, 1.165) is 107 Å². The van der Waals surface area contributed by atoms with Gasteiger partial charge in [0.05, 0.1) is 45.9 Å². The van der Waals surface area contributed by atoms with E-state index < -0.39 is 46.2 Å². The number of nitrogens with one attached hydrogen (secondary N) is 1. The van der Waals surface area contributed by atoms with Crippen LogP contribution in [0.25, 0.3) is 43.7 Å². The van der Waals surface area contributed by atoms with Crippen molar-refractivity contribution in [2.24, 2.45) is 13.0 Å². The summed E-state index contributed by atoms with van der Waals surface area (Å²) in [5.41, 5.74) is 1.32. The molecule has 4 aromatic carbocycles. The van der Waals surface area contributed by atoms with Crippen LogP contribution in [0.2, 0.25) is 0 Å². The Kier molecular flexibility index (Phi) is 14.9. The maximum absolute atomic E-state index is 17.6. The number of carbonyl (C=O) groups is 4. The van der Waals surface area contributed by atoms with Crippen LogP contribution in [-0.4, -0.2) is 158 Å². The SMILES string of the molecule is C#Cc1c(F)ccc2cccc(-c3c(F)cc4c(N5C[C@H]6CC[C@@H](C5)N6C(=O)OC(C)(C)C)nc(OC[C@@]56CCCN5[C@H](COC(=O)N5CCC(CN7CCC(c8ccc9c(C%10CCC(=O)NC%10=O)nn(C)c9c8)CC7)CC5)CC6)nc4c3F)c12. The molecule has 6 aromatic rings. The van der Waals surface area contributed by atoms with Gasteiger partial charge < -0.3 is 28.9 Å². The number of hydrogen-bond acceptors (Lipinski definition) is 13. The van der Waals surface area contributed by atoms with E-state index in [1.54, 1.807) is 17.0 Å². The number of nitrogens with zero attached hydrogens (tertiary/aromatic N) is 9. The van der Waals surface area contributed by atoms with Gasteiger partial charge in [-0.15, -0.1) is 6.42 Å². The molecule has 0 spiro atoms. The largest absolute Gasteiger partial charge is 0.461 e. The number of aryl methyl sites for hydroxylation is 1. The van der Waals surface area contributed by atoms with Crippen LogP contribution in [0.15, 0.2) is 54.6 Å². The molecule has 2 bridgehead atoms. The molecule has 0 radical (unpaired) electrons. The zero-order valence-corrected chi connectivity index (χ0v) is 48.8. The number of rotatable bonds is 11. The van der Waals surface area contributed by atoms with Crippen molar-refractivity contribution in [1.29, 1.82) is 0 Å². The number of fused-ring (bicyclic) bond motifs is 6. The molecule has 4 amide bonds. The van der Waals surface area contributed by atoms with Gasteiger partial charge in [0.25, 0.3) is 0 Å². The van der Waals surface area contributed by atoms with Gasteiger partial charge in [-0.3, -0.25) is 29.4 Å². The monoisotopic (exact) mass is 1160 g/mol. The van der Waals surface area contributed by atoms with Crippen molar-refractivity contribution in [2.75, 3.05) is 70.5 Å². The second kappa shape index (κ2) is 22.4. The van der Waals surface area contributed by atoms with Gasteiger partial charge in [0.2, 0.25) is 11.8 Å². The van der Waals surface area contributed by atoms with Crippen LogP contribution in [-0.2, 0) is 26.1 Å². The van der Waals surface area contributed by atoms with Gasteiger partial charge in [-0.1, -0.05) is 42.3 Å². The normalized spacial score (nSPS) is 24.4. The summed E-state index contributed by atoms with van der Waals surface area (Å²) >= 11 is 0. The van der Waals surface area contributed by atoms with Crippen molar-refractivity contribution in [3.8, 4) is 29.5 Å². The number of aromatic nitrogens is 4. The molecule has 85 heavy (non-hydrogen) atoms. The van der Waals surface area contributed by atoms with Gasteiger partial charge in [-0.25, -0.2) is 22.8 Å². The maximum Gasteiger partial charge on any atom is 0.410 e. The number of terminal acetylenes is 1. The first kappa shape index (κ1) is 56.6. The van der Waals surface area contributed by atoms with Crippen molar-refractivity contribution >= 4 is 62.4 Å². The lowest BCUT2D eigenvalue weighted by Crippen LogP contribution is -2.57. The summed E-state index contributed by atoms with van der Waals surface area (Å²) in [6, 6.07) is 14.8. The first-order chi connectivity index (χ1) is 40.9. The number of benzene rings is 4. The van der Waals surface area contributed by atoms with Crippen LogP contribution in [0.4, 0.5) is 28.6 Å². The molecule has 13 rings (SSSR count). The molecule has 5 atom stereocenters. The molecule has 1 N–H and O–H groups in total. The fourth-order valence-corrected chi connectivity index (χ4v) is 15.2. The van der Waals surface area contributed by atoms with Gasteiger partial charge in [0, 0.05) is 68.4 Å². The Morgan fingerprint density at radius 3 is 2.36 bits per heavy atom. The van der Waals surface area contributed by atoms with Gasteiger partial charge in [0.15, 0.2) is 5.82 Å². The maximum atomic E-state index is 17.6. The Hall–Kier alpha value is -7.50. The Labute approximate surface area is 492 Å². The minimum Gasteiger partial charge on any atom is -0.461 e. The second-order valence-corrected chi connectivity index (χ2v) is 25.8. The summed E-state index contributed by atoms with van der Waals surface area (Å²) in [4.78, 5) is 71.9. The van der Waals surface area contributed by atoms with Crippen LogP contribution in [0.1, 0.15) is 126 Å². The number of piperazine rings is 1. The molecule has 7 aliphatic heterocycles. The minimum absolute atomic E-state index is 0.0249. The minimum atomic E-state index is -0.967. The Morgan fingerprint density at radius 2 is 1.62 bits per heavy atom. The molecule has 7 saturated heterocycles. The second-order valence-electron chi connectivity index (χ2n) is 25.8. The van der Waals surface area contributed by atoms with E-state index in [1.165, 1.54) is 29.8 Å². The van der Waals surface area contributed by atoms with E-state index in [4.69, 9.17) is 35.7 Å². The molecule has 17 nitrogen and oxygen atoms in total. The summed E-state index contributed by atoms with van der Waals surface area (Å²) in [5.74, 6) is 0.103. The van der Waals surface area contributed by atoms with Crippen molar-refractivity contribution in [1.82, 2.24) is 44.7 Å². The average molecular weight is 1160 g/mol. The van der Waals surface area contributed by atoms with Gasteiger partial charge in [0.1, 0.15) is 41.8 Å². The number of likely N-dealkylation sites (tertiary alicyclic amines) is 2. The van der Waals surface area contributed by atoms with E-state index >= 15 is 13.2 Å². The Morgan fingerprint density at radius 1 is 0.847 bits per heavy atom. The molecule has 7 aliphatic rings. The van der Waals surface area contributed by atoms with Gasteiger partial charge in [-0.2, -0.15) is 15.1 Å². The number of anilines is 1. The Bertz CT molecular complexity index is 3680. The van der Waals surface area contributed by atoms with Crippen LogP contribution in [0.5, 0.6) is 6.01 Å². The fourth-order valence-electron chi connectivity index (χ4n) is 15.2. The van der Waals surface area contributed by atoms with E-state index in [2.05, 4.69) is 39.2 Å². The van der Waals surface area contributed by atoms with Crippen LogP contribution in [0, 0.1) is 35.7 Å². The number of amides is 4. The number of carbonyl (C=O) groups excluding carboxylic acids is 4. The highest BCUT2D eigenvalue weighted by Crippen LogP contribution is 2.45. The summed E-state index contributed by atoms with van der Waals surface area (Å²) in [7, 11) is 1.91. The lowest BCUT2D eigenvalue weighted by molar-refractivity contribution is -0.134. The van der Waals surface area contributed by atoms with E-state index in [9.17, 15) is 19.2 Å². The third kappa shape index (κ3) is 10.7. The molecule has 0 saturated carbocycles. The fraction of sp³-hybridized carbons (Fsp3) is 0.523. The van der Waals surface area contributed by atoms with Gasteiger partial charge in [-0.05, 0) is 158 Å². The van der Waals surface area contributed by atoms with E-state index in [1.807, 2.05) is 42.3 Å². The average Bonchev–Trinajstić information content (AvgIpc) is 1.55. The van der Waals surface area contributed by atoms with Crippen LogP contribution >= 0.6 is 0 Å². The highest BCUT2D eigenvalue weighted by atomic mass is 19.1. The number of halogens is 3. The summed E-state index contributed by atoms with van der Waals surface area (Å²) in [6.07, 6.45) is 14.6. The molecule has 1 unspecified atom stereocenters. The molecular formula is C65H73F3N10O7. The van der Waals surface area contributed by atoms with Crippen molar-refractivity contribution in [3.05, 3.63) is 88.9 Å². The molecule has 446 valence electrons. The zero-order chi connectivity index (χ0) is 59.1. The third-order valence-corrected chi connectivity index (χ3v) is 19.5. The lowest BCUT2D eigenvalue weighted by atomic mass is 9.87. The first-order valence-corrected chi connectivity index (χ1v) is 30.4. The third-order valence-electron chi connectivity index (χ3n) is 19.5. The topological polar surface area (TPSA) is 168 Å². The predicted octanol–water partition coefficient (Wildman–Crippen LogP) is 9.95. The molecular weight excluding hydrogens is 1090 g/mol. The summed E-state index contributed by atoms with van der Waals surface area (Å²) < 4.78 is 70.0. The molecule has 2 aromatic heterocycles. The standard InChI is InChI=1S/C65H73F3N10O7/c1-6-45-50(66)17-12-40-9-7-10-47(54(40)45)55-51(67)32-49-58(56(55)68)70-61(71-59(49)76-34-42-13-14-43(35-76)78(42)63(82)85-64(2,3)4)84-37-65-24-8-26-77(65)44(19-25-65)36-83-62(81)75-29-20-38(21-30-75)33-74-27-22-39(23-28-74)41-11-15-46-52(31-41)73(5)72-57(46)48-16-18-53(79)69-60(48)80/h1,7,9-12,15,17,31-32,38-39,42-44,48H,8,13-14,16,18-30,33-37H2,2-5H3,(H,69,79,80)/t42-,43+,44-,48?,65-/m0/s1. The summed E-state index contributed by atoms with van der Waals surface area (Å²) in [6.45, 7) is 11.7. The van der Waals surface area contributed by atoms with Crippen molar-refractivity contribution < 1.29 is 46.6 Å². The number of ether oxygens (including phenoxy) is 3. The molecule has 9 heterocycles. The molecule has 0 aliphatic carbocycles. The van der Waals surface area contributed by atoms with E-state index in [0.29, 0.717) is 56.2 Å². The number of piperidine rings is 3. The number of hydrogen-bond donors (Lipinski definition) is 1. The van der Waals surface area contributed by atoms with Crippen molar-refractivity contribution in [3.63, 3.8) is 0 Å². The summed E-state index contributed by atoms with van der Waals surface area (Å²) in [5, 5.41) is 9.03. The lowest BCUT2D eigenvalue weighted by Gasteiger charge is -2.42.